The van der Waals surface area contributed by atoms with Gasteiger partial charge in [0.25, 0.3) is 5.91 Å². The van der Waals surface area contributed by atoms with Crippen LogP contribution in [0.1, 0.15) is 18.1 Å². The van der Waals surface area contributed by atoms with E-state index in [1.54, 1.807) is 13.1 Å². The third-order valence-electron chi connectivity index (χ3n) is 3.95. The Morgan fingerprint density at radius 3 is 2.68 bits per heavy atom. The van der Waals surface area contributed by atoms with Crippen LogP contribution in [0.25, 0.3) is 6.08 Å². The van der Waals surface area contributed by atoms with Crippen LogP contribution in [0.3, 0.4) is 0 Å². The second kappa shape index (κ2) is 9.31. The van der Waals surface area contributed by atoms with Crippen molar-refractivity contribution in [2.75, 3.05) is 13.7 Å². The Hall–Kier alpha value is -1.54. The van der Waals surface area contributed by atoms with E-state index in [2.05, 4.69) is 15.9 Å². The molecule has 8 heteroatoms. The van der Waals surface area contributed by atoms with Gasteiger partial charge in [-0.3, -0.25) is 9.69 Å². The van der Waals surface area contributed by atoms with Crippen LogP contribution in [0.4, 0.5) is 0 Å². The minimum absolute atomic E-state index is 0.108. The predicted molar refractivity (Wildman–Crippen MR) is 122 cm³/mol. The summed E-state index contributed by atoms with van der Waals surface area (Å²) in [4.78, 5) is 14.3. The molecular formula is C20H17BrClNO3S2. The van der Waals surface area contributed by atoms with Gasteiger partial charge in [0.05, 0.1) is 16.0 Å². The van der Waals surface area contributed by atoms with Gasteiger partial charge in [0.15, 0.2) is 11.5 Å². The second-order valence-electron chi connectivity index (χ2n) is 5.88. The molecule has 0 saturated carbocycles. The second-order valence-corrected chi connectivity index (χ2v) is 8.82. The summed E-state index contributed by atoms with van der Waals surface area (Å²) in [6.45, 7) is 2.70. The number of carbonyl (C=O) groups excluding carboxylic acids is 1. The van der Waals surface area contributed by atoms with Crippen molar-refractivity contribution in [3.63, 3.8) is 0 Å². The summed E-state index contributed by atoms with van der Waals surface area (Å²) in [5.41, 5.74) is 1.70. The first kappa shape index (κ1) is 21.2. The Morgan fingerprint density at radius 1 is 1.29 bits per heavy atom. The molecule has 1 saturated heterocycles. The maximum atomic E-state index is 12.2. The molecule has 0 N–H and O–H groups in total. The predicted octanol–water partition coefficient (Wildman–Crippen LogP) is 5.91. The van der Waals surface area contributed by atoms with Crippen molar-refractivity contribution in [2.24, 2.45) is 0 Å². The minimum atomic E-state index is -0.108. The number of thioether (sulfide) groups is 1. The number of hydrogen-bond acceptors (Lipinski definition) is 5. The fraction of sp³-hybridized carbons (Fsp3) is 0.200. The molecule has 0 atom stereocenters. The Morgan fingerprint density at radius 2 is 2.04 bits per heavy atom. The number of carbonyl (C=O) groups is 1. The third kappa shape index (κ3) is 4.71. The molecule has 0 aromatic heterocycles. The number of likely N-dealkylation sites (N-methyl/N-ethyl adjacent to an activating group) is 1. The maximum Gasteiger partial charge on any atom is 0.265 e. The largest absolute Gasteiger partial charge is 0.490 e. The quantitative estimate of drug-likeness (QED) is 0.366. The topological polar surface area (TPSA) is 38.8 Å². The molecule has 1 aliphatic heterocycles. The number of rotatable bonds is 6. The van der Waals surface area contributed by atoms with Crippen LogP contribution in [0.5, 0.6) is 11.5 Å². The van der Waals surface area contributed by atoms with E-state index in [0.717, 1.165) is 15.6 Å². The van der Waals surface area contributed by atoms with Crippen molar-refractivity contribution in [3.05, 3.63) is 61.9 Å². The molecule has 0 aliphatic carbocycles. The van der Waals surface area contributed by atoms with Crippen molar-refractivity contribution < 1.29 is 14.3 Å². The molecule has 146 valence electrons. The molecule has 0 bridgehead atoms. The summed E-state index contributed by atoms with van der Waals surface area (Å²) < 4.78 is 13.0. The summed E-state index contributed by atoms with van der Waals surface area (Å²) in [6, 6.07) is 11.3. The van der Waals surface area contributed by atoms with Crippen molar-refractivity contribution in [1.29, 1.82) is 0 Å². The lowest BCUT2D eigenvalue weighted by Gasteiger charge is -2.15. The fourth-order valence-electron chi connectivity index (χ4n) is 2.54. The summed E-state index contributed by atoms with van der Waals surface area (Å²) in [5.74, 6) is 1.06. The Bertz CT molecular complexity index is 964. The number of amides is 1. The average molecular weight is 499 g/mol. The van der Waals surface area contributed by atoms with Gasteiger partial charge in [-0.2, -0.15) is 0 Å². The highest BCUT2D eigenvalue weighted by molar-refractivity contribution is 9.10. The Balaban J connectivity index is 1.89. The number of thiocarbonyl (C=S) groups is 1. The van der Waals surface area contributed by atoms with Gasteiger partial charge in [-0.1, -0.05) is 53.8 Å². The Kier molecular flexibility index (Phi) is 7.04. The SMILES string of the molecule is CCOc1cc(/C=C2\SC(=S)N(C)C2=O)cc(Br)c1OCc1ccccc1Cl. The highest BCUT2D eigenvalue weighted by Crippen LogP contribution is 2.39. The van der Waals surface area contributed by atoms with Gasteiger partial charge in [-0.15, -0.1) is 0 Å². The molecule has 0 unspecified atom stereocenters. The summed E-state index contributed by atoms with van der Waals surface area (Å²) in [6.07, 6.45) is 1.80. The smallest absolute Gasteiger partial charge is 0.265 e. The van der Waals surface area contributed by atoms with Crippen LogP contribution in [0, 0.1) is 0 Å². The molecular weight excluding hydrogens is 482 g/mol. The van der Waals surface area contributed by atoms with Gasteiger partial charge in [-0.05, 0) is 52.7 Å². The lowest BCUT2D eigenvalue weighted by Crippen LogP contribution is -2.22. The number of nitrogens with zero attached hydrogens (tertiary/aromatic N) is 1. The average Bonchev–Trinajstić information content (AvgIpc) is 2.89. The highest BCUT2D eigenvalue weighted by Gasteiger charge is 2.28. The standard InChI is InChI=1S/C20H17BrClNO3S2/c1-3-25-16-9-12(10-17-19(24)23(2)20(27)28-17)8-14(21)18(16)26-11-13-6-4-5-7-15(13)22/h4-10H,3,11H2,1-2H3/b17-10-. The number of ether oxygens (including phenoxy) is 2. The zero-order valence-corrected chi connectivity index (χ0v) is 19.2. The lowest BCUT2D eigenvalue weighted by molar-refractivity contribution is -0.121. The van der Waals surface area contributed by atoms with E-state index in [1.807, 2.05) is 43.3 Å². The zero-order chi connectivity index (χ0) is 20.3. The van der Waals surface area contributed by atoms with Gasteiger partial charge in [-0.25, -0.2) is 0 Å². The fourth-order valence-corrected chi connectivity index (χ4v) is 4.48. The number of hydrogen-bond donors (Lipinski definition) is 0. The van der Waals surface area contributed by atoms with Crippen LogP contribution in [0.15, 0.2) is 45.8 Å². The molecule has 1 amide bonds. The molecule has 1 fully saturated rings. The Labute approximate surface area is 187 Å². The van der Waals surface area contributed by atoms with Crippen molar-refractivity contribution >= 4 is 67.8 Å². The number of benzene rings is 2. The normalized spacial score (nSPS) is 15.4. The summed E-state index contributed by atoms with van der Waals surface area (Å²) >= 11 is 16.2. The zero-order valence-electron chi connectivity index (χ0n) is 15.2. The van der Waals surface area contributed by atoms with E-state index in [1.165, 1.54) is 16.7 Å². The van der Waals surface area contributed by atoms with Crippen molar-refractivity contribution in [3.8, 4) is 11.5 Å². The van der Waals surface area contributed by atoms with Crippen molar-refractivity contribution in [1.82, 2.24) is 4.90 Å². The van der Waals surface area contributed by atoms with Crippen molar-refractivity contribution in [2.45, 2.75) is 13.5 Å². The van der Waals surface area contributed by atoms with E-state index in [4.69, 9.17) is 33.3 Å². The summed E-state index contributed by atoms with van der Waals surface area (Å²) in [7, 11) is 1.67. The van der Waals surface area contributed by atoms with Gasteiger partial charge in [0.2, 0.25) is 0 Å². The molecule has 2 aromatic carbocycles. The van der Waals surface area contributed by atoms with Crippen LogP contribution < -0.4 is 9.47 Å². The van der Waals surface area contributed by atoms with E-state index in [9.17, 15) is 4.79 Å². The van der Waals surface area contributed by atoms with E-state index >= 15 is 0 Å². The molecule has 28 heavy (non-hydrogen) atoms. The first-order valence-corrected chi connectivity index (χ1v) is 10.8. The first-order valence-electron chi connectivity index (χ1n) is 8.44. The van der Waals surface area contributed by atoms with Gasteiger partial charge in [0.1, 0.15) is 10.9 Å². The van der Waals surface area contributed by atoms with Gasteiger partial charge >= 0.3 is 0 Å². The van der Waals surface area contributed by atoms with E-state index in [0.29, 0.717) is 39.0 Å². The third-order valence-corrected chi connectivity index (χ3v) is 6.39. The van der Waals surface area contributed by atoms with Crippen LogP contribution in [0.2, 0.25) is 5.02 Å². The minimum Gasteiger partial charge on any atom is -0.490 e. The van der Waals surface area contributed by atoms with E-state index < -0.39 is 0 Å². The maximum absolute atomic E-state index is 12.2. The molecule has 1 heterocycles. The van der Waals surface area contributed by atoms with Crippen LogP contribution in [-0.2, 0) is 11.4 Å². The van der Waals surface area contributed by atoms with Gasteiger partial charge < -0.3 is 9.47 Å². The summed E-state index contributed by atoms with van der Waals surface area (Å²) in [5, 5.41) is 0.648. The highest BCUT2D eigenvalue weighted by atomic mass is 79.9. The monoisotopic (exact) mass is 497 g/mol. The molecule has 3 rings (SSSR count). The van der Waals surface area contributed by atoms with Crippen LogP contribution in [-0.4, -0.2) is 28.8 Å². The molecule has 2 aromatic rings. The first-order chi connectivity index (χ1) is 13.4. The molecule has 1 aliphatic rings. The number of halogens is 2. The van der Waals surface area contributed by atoms with Gasteiger partial charge in [0, 0.05) is 17.6 Å². The van der Waals surface area contributed by atoms with Crippen LogP contribution >= 0.6 is 51.5 Å². The lowest BCUT2D eigenvalue weighted by atomic mass is 10.1. The van der Waals surface area contributed by atoms with E-state index in [-0.39, 0.29) is 5.91 Å². The molecule has 4 nitrogen and oxygen atoms in total. The molecule has 0 radical (unpaired) electrons. The molecule has 0 spiro atoms.